The molecule has 1 heterocycles. The number of halogens is 2. The molecule has 3 rings (SSSR count). The molecular formula is C17H19ClFN3O3. The van der Waals surface area contributed by atoms with Crippen molar-refractivity contribution < 1.29 is 19.0 Å². The van der Waals surface area contributed by atoms with Crippen LogP contribution in [0.3, 0.4) is 0 Å². The second-order valence-corrected chi connectivity index (χ2v) is 6.61. The SMILES string of the molecule is COc1ccc(F)cc1[C@@H](NC(=O)c1n[nH]c(C)c1Cl)C1CC(O)C1. The lowest BCUT2D eigenvalue weighted by Gasteiger charge is -2.38. The lowest BCUT2D eigenvalue weighted by atomic mass is 9.74. The number of carbonyl (C=O) groups excluding carboxylic acids is 1. The minimum absolute atomic E-state index is 0.0338. The number of rotatable bonds is 5. The minimum atomic E-state index is -0.519. The first-order chi connectivity index (χ1) is 11.9. The van der Waals surface area contributed by atoms with E-state index >= 15 is 0 Å². The minimum Gasteiger partial charge on any atom is -0.496 e. The van der Waals surface area contributed by atoms with E-state index in [0.717, 1.165) is 0 Å². The lowest BCUT2D eigenvalue weighted by Crippen LogP contribution is -2.41. The highest BCUT2D eigenvalue weighted by atomic mass is 35.5. The van der Waals surface area contributed by atoms with Crippen molar-refractivity contribution in [2.75, 3.05) is 7.11 Å². The summed E-state index contributed by atoms with van der Waals surface area (Å²) >= 11 is 6.09. The summed E-state index contributed by atoms with van der Waals surface area (Å²) < 4.78 is 19.1. The quantitative estimate of drug-likeness (QED) is 0.758. The van der Waals surface area contributed by atoms with Crippen molar-refractivity contribution in [2.45, 2.75) is 31.9 Å². The van der Waals surface area contributed by atoms with Gasteiger partial charge in [0, 0.05) is 5.56 Å². The average Bonchev–Trinajstić information content (AvgIpc) is 2.89. The second-order valence-electron chi connectivity index (χ2n) is 6.23. The largest absolute Gasteiger partial charge is 0.496 e. The molecule has 0 aliphatic heterocycles. The second kappa shape index (κ2) is 7.01. The Hall–Kier alpha value is -2.12. The molecular weight excluding hydrogens is 349 g/mol. The number of H-pyrrole nitrogens is 1. The zero-order chi connectivity index (χ0) is 18.1. The molecule has 6 nitrogen and oxygen atoms in total. The number of aliphatic hydroxyl groups excluding tert-OH is 1. The van der Waals surface area contributed by atoms with Crippen LogP contribution in [0.2, 0.25) is 5.02 Å². The van der Waals surface area contributed by atoms with Crippen molar-refractivity contribution in [3.05, 3.63) is 46.0 Å². The van der Waals surface area contributed by atoms with Gasteiger partial charge in [0.25, 0.3) is 5.91 Å². The summed E-state index contributed by atoms with van der Waals surface area (Å²) in [7, 11) is 1.49. The first-order valence-electron chi connectivity index (χ1n) is 7.93. The summed E-state index contributed by atoms with van der Waals surface area (Å²) in [6.45, 7) is 1.71. The van der Waals surface area contributed by atoms with Crippen LogP contribution in [0.4, 0.5) is 4.39 Å². The number of amides is 1. The number of aromatic nitrogens is 2. The summed E-state index contributed by atoms with van der Waals surface area (Å²) in [4.78, 5) is 12.6. The fourth-order valence-corrected chi connectivity index (χ4v) is 3.25. The van der Waals surface area contributed by atoms with Gasteiger partial charge in [-0.05, 0) is 43.9 Å². The van der Waals surface area contributed by atoms with Crippen LogP contribution in [0.25, 0.3) is 0 Å². The molecule has 1 fully saturated rings. The zero-order valence-electron chi connectivity index (χ0n) is 13.8. The first-order valence-corrected chi connectivity index (χ1v) is 8.31. The maximum atomic E-state index is 13.8. The van der Waals surface area contributed by atoms with Crippen molar-refractivity contribution in [3.63, 3.8) is 0 Å². The molecule has 0 saturated heterocycles. The van der Waals surface area contributed by atoms with Gasteiger partial charge in [-0.2, -0.15) is 5.10 Å². The van der Waals surface area contributed by atoms with E-state index in [2.05, 4.69) is 15.5 Å². The molecule has 1 aliphatic rings. The molecule has 1 atom stereocenters. The van der Waals surface area contributed by atoms with Crippen molar-refractivity contribution in [1.29, 1.82) is 0 Å². The highest BCUT2D eigenvalue weighted by Crippen LogP contribution is 2.41. The normalized spacial score (nSPS) is 20.7. The number of aliphatic hydroxyl groups is 1. The molecule has 1 saturated carbocycles. The molecule has 25 heavy (non-hydrogen) atoms. The van der Waals surface area contributed by atoms with Crippen molar-refractivity contribution >= 4 is 17.5 Å². The van der Waals surface area contributed by atoms with E-state index in [-0.39, 0.29) is 16.6 Å². The predicted molar refractivity (Wildman–Crippen MR) is 90.2 cm³/mol. The fourth-order valence-electron chi connectivity index (χ4n) is 3.08. The third-order valence-electron chi connectivity index (χ3n) is 4.52. The van der Waals surface area contributed by atoms with Crippen LogP contribution in [0, 0.1) is 18.7 Å². The Morgan fingerprint density at radius 1 is 1.52 bits per heavy atom. The van der Waals surface area contributed by atoms with Gasteiger partial charge in [0.15, 0.2) is 5.69 Å². The zero-order valence-corrected chi connectivity index (χ0v) is 14.6. The molecule has 1 aromatic carbocycles. The number of aryl methyl sites for hydroxylation is 1. The van der Waals surface area contributed by atoms with E-state index in [4.69, 9.17) is 16.3 Å². The number of nitrogens with one attached hydrogen (secondary N) is 2. The Morgan fingerprint density at radius 2 is 2.24 bits per heavy atom. The van der Waals surface area contributed by atoms with Crippen molar-refractivity contribution in [3.8, 4) is 5.75 Å². The van der Waals surface area contributed by atoms with E-state index in [9.17, 15) is 14.3 Å². The third-order valence-corrected chi connectivity index (χ3v) is 4.98. The van der Waals surface area contributed by atoms with E-state index in [1.165, 1.54) is 25.3 Å². The Balaban J connectivity index is 1.92. The molecule has 3 N–H and O–H groups in total. The maximum absolute atomic E-state index is 13.8. The fraction of sp³-hybridized carbons (Fsp3) is 0.412. The number of aromatic amines is 1. The van der Waals surface area contributed by atoms with Gasteiger partial charge in [0.05, 0.1) is 30.0 Å². The number of carbonyl (C=O) groups is 1. The molecule has 0 bridgehead atoms. The van der Waals surface area contributed by atoms with Crippen LogP contribution in [-0.4, -0.2) is 34.4 Å². The number of hydrogen-bond acceptors (Lipinski definition) is 4. The Bertz CT molecular complexity index is 789. The van der Waals surface area contributed by atoms with Crippen LogP contribution in [0.15, 0.2) is 18.2 Å². The maximum Gasteiger partial charge on any atom is 0.273 e. The van der Waals surface area contributed by atoms with Crippen LogP contribution in [0.1, 0.15) is 40.6 Å². The molecule has 0 radical (unpaired) electrons. The van der Waals surface area contributed by atoms with Gasteiger partial charge in [-0.25, -0.2) is 4.39 Å². The number of ether oxygens (including phenoxy) is 1. The molecule has 1 aliphatic carbocycles. The Morgan fingerprint density at radius 3 is 2.80 bits per heavy atom. The Kier molecular flexibility index (Phi) is 4.96. The monoisotopic (exact) mass is 367 g/mol. The first kappa shape index (κ1) is 17.7. The molecule has 0 unspecified atom stereocenters. The van der Waals surface area contributed by atoms with Crippen molar-refractivity contribution in [1.82, 2.24) is 15.5 Å². The van der Waals surface area contributed by atoms with Crippen LogP contribution < -0.4 is 10.1 Å². The van der Waals surface area contributed by atoms with Gasteiger partial charge >= 0.3 is 0 Å². The molecule has 0 spiro atoms. The number of hydrogen-bond donors (Lipinski definition) is 3. The molecule has 1 amide bonds. The number of methoxy groups -OCH3 is 1. The predicted octanol–water partition coefficient (Wildman–Crippen LogP) is 2.76. The van der Waals surface area contributed by atoms with E-state index in [1.807, 2.05) is 0 Å². The molecule has 2 aromatic rings. The molecule has 134 valence electrons. The standard InChI is InChI=1S/C17H19ClFN3O3/c1-8-14(18)16(22-21-8)17(24)20-15(9-5-11(23)6-9)12-7-10(19)3-4-13(12)25-2/h3-4,7,9,11,15,23H,5-6H2,1-2H3,(H,20,24)(H,21,22)/t9?,11?,15-/m0/s1. The van der Waals surface area contributed by atoms with Gasteiger partial charge < -0.3 is 15.2 Å². The van der Waals surface area contributed by atoms with Crippen LogP contribution in [-0.2, 0) is 0 Å². The van der Waals surface area contributed by atoms with E-state index in [1.54, 1.807) is 6.92 Å². The number of nitrogens with zero attached hydrogens (tertiary/aromatic N) is 1. The summed E-state index contributed by atoms with van der Waals surface area (Å²) in [6, 6.07) is 3.64. The topological polar surface area (TPSA) is 87.2 Å². The summed E-state index contributed by atoms with van der Waals surface area (Å²) in [5, 5.41) is 19.3. The van der Waals surface area contributed by atoms with Gasteiger partial charge in [-0.3, -0.25) is 9.89 Å². The highest BCUT2D eigenvalue weighted by molar-refractivity contribution is 6.34. The number of benzene rings is 1. The Labute approximate surface area is 149 Å². The summed E-state index contributed by atoms with van der Waals surface area (Å²) in [5.74, 6) is -0.457. The van der Waals surface area contributed by atoms with Gasteiger partial charge in [0.1, 0.15) is 11.6 Å². The van der Waals surface area contributed by atoms with E-state index in [0.29, 0.717) is 29.8 Å². The highest BCUT2D eigenvalue weighted by Gasteiger charge is 2.37. The molecule has 8 heteroatoms. The van der Waals surface area contributed by atoms with Crippen LogP contribution in [0.5, 0.6) is 5.75 Å². The lowest BCUT2D eigenvalue weighted by molar-refractivity contribution is 0.0230. The third kappa shape index (κ3) is 3.48. The smallest absolute Gasteiger partial charge is 0.273 e. The average molecular weight is 368 g/mol. The van der Waals surface area contributed by atoms with E-state index < -0.39 is 23.9 Å². The van der Waals surface area contributed by atoms with Gasteiger partial charge in [-0.15, -0.1) is 0 Å². The summed E-state index contributed by atoms with van der Waals surface area (Å²) in [5.41, 5.74) is 1.20. The van der Waals surface area contributed by atoms with Gasteiger partial charge in [0.2, 0.25) is 0 Å². The van der Waals surface area contributed by atoms with Crippen LogP contribution >= 0.6 is 11.6 Å². The van der Waals surface area contributed by atoms with Gasteiger partial charge in [-0.1, -0.05) is 11.6 Å². The summed E-state index contributed by atoms with van der Waals surface area (Å²) in [6.07, 6.45) is 0.607. The van der Waals surface area contributed by atoms with Crippen molar-refractivity contribution in [2.24, 2.45) is 5.92 Å². The molecule has 1 aromatic heterocycles.